The van der Waals surface area contributed by atoms with E-state index in [4.69, 9.17) is 18.9 Å². The molecule has 0 amide bonds. The van der Waals surface area contributed by atoms with E-state index >= 15 is 0 Å². The van der Waals surface area contributed by atoms with Crippen LogP contribution in [0.4, 0.5) is 13.2 Å². The number of rotatable bonds is 9. The summed E-state index contributed by atoms with van der Waals surface area (Å²) in [4.78, 5) is 15.9. The van der Waals surface area contributed by atoms with Gasteiger partial charge in [-0.2, -0.15) is 13.2 Å². The van der Waals surface area contributed by atoms with Crippen LogP contribution in [-0.4, -0.2) is 37.4 Å². The van der Waals surface area contributed by atoms with Gasteiger partial charge in [-0.15, -0.1) is 11.3 Å². The highest BCUT2D eigenvalue weighted by Gasteiger charge is 2.42. The molecule has 1 aliphatic heterocycles. The number of hydrogen-bond donors (Lipinski definition) is 0. The van der Waals surface area contributed by atoms with E-state index in [0.717, 1.165) is 23.0 Å². The third kappa shape index (κ3) is 5.40. The Morgan fingerprint density at radius 1 is 1.15 bits per heavy atom. The van der Waals surface area contributed by atoms with Gasteiger partial charge in [-0.3, -0.25) is 0 Å². The quantitative estimate of drug-likeness (QED) is 0.381. The largest absolute Gasteiger partial charge is 0.487 e. The van der Waals surface area contributed by atoms with Crippen LogP contribution in [0.15, 0.2) is 53.9 Å². The van der Waals surface area contributed by atoms with Gasteiger partial charge in [0.15, 0.2) is 0 Å². The Balaban J connectivity index is 1.39. The first-order chi connectivity index (χ1) is 16.3. The zero-order valence-corrected chi connectivity index (χ0v) is 19.1. The summed E-state index contributed by atoms with van der Waals surface area (Å²) < 4.78 is 61.6. The Kier molecular flexibility index (Phi) is 7.20. The summed E-state index contributed by atoms with van der Waals surface area (Å²) in [6, 6.07) is 12.5. The van der Waals surface area contributed by atoms with Crippen LogP contribution in [0.3, 0.4) is 0 Å². The number of benzene rings is 2. The zero-order chi connectivity index (χ0) is 24.2. The first-order valence-corrected chi connectivity index (χ1v) is 11.4. The zero-order valence-electron chi connectivity index (χ0n) is 18.3. The monoisotopic (exact) mass is 493 g/mol. The smallest absolute Gasteiger partial charge is 0.417 e. The Morgan fingerprint density at radius 3 is 2.53 bits per heavy atom. The van der Waals surface area contributed by atoms with E-state index in [1.165, 1.54) is 12.1 Å². The molecular weight excluding hydrogens is 471 g/mol. The van der Waals surface area contributed by atoms with Crippen LogP contribution < -0.4 is 4.74 Å². The average Bonchev–Trinajstić information content (AvgIpc) is 3.26. The Morgan fingerprint density at radius 2 is 1.88 bits per heavy atom. The van der Waals surface area contributed by atoms with E-state index in [1.807, 2.05) is 12.1 Å². The predicted octanol–water partition coefficient (Wildman–Crippen LogP) is 5.21. The molecule has 6 nitrogen and oxygen atoms in total. The van der Waals surface area contributed by atoms with Gasteiger partial charge in [0.25, 0.3) is 0 Å². The highest BCUT2D eigenvalue weighted by molar-refractivity contribution is 7.13. The van der Waals surface area contributed by atoms with Gasteiger partial charge in [0.1, 0.15) is 29.6 Å². The first-order valence-electron chi connectivity index (χ1n) is 10.5. The summed E-state index contributed by atoms with van der Waals surface area (Å²) in [7, 11) is 0. The summed E-state index contributed by atoms with van der Waals surface area (Å²) in [5, 5.41) is 1.97. The molecule has 0 N–H and O–H groups in total. The van der Waals surface area contributed by atoms with Crippen LogP contribution in [-0.2, 0) is 37.4 Å². The van der Waals surface area contributed by atoms with E-state index in [1.54, 1.807) is 30.5 Å². The first kappa shape index (κ1) is 24.2. The van der Waals surface area contributed by atoms with Crippen molar-refractivity contribution in [2.45, 2.75) is 25.3 Å². The van der Waals surface area contributed by atoms with Gasteiger partial charge in [0.05, 0.1) is 31.1 Å². The summed E-state index contributed by atoms with van der Waals surface area (Å²) in [5.41, 5.74) is -0.00300. The molecule has 1 saturated heterocycles. The fourth-order valence-corrected chi connectivity index (χ4v) is 4.29. The number of carbonyl (C=O) groups is 1. The number of halogens is 3. The van der Waals surface area contributed by atoms with E-state index in [-0.39, 0.29) is 30.4 Å². The van der Waals surface area contributed by atoms with Crippen LogP contribution in [0.1, 0.15) is 23.7 Å². The SMILES string of the molecule is CCOC(=O)COC1(c2ccc(OCc3csc(-c4ccccc4C(F)(F)F)n3)cc2)COC1. The van der Waals surface area contributed by atoms with Crippen molar-refractivity contribution in [2.24, 2.45) is 0 Å². The lowest BCUT2D eigenvalue weighted by Crippen LogP contribution is -2.49. The van der Waals surface area contributed by atoms with Gasteiger partial charge in [-0.05, 0) is 30.7 Å². The topological polar surface area (TPSA) is 66.9 Å². The summed E-state index contributed by atoms with van der Waals surface area (Å²) in [6.07, 6.45) is -4.45. The summed E-state index contributed by atoms with van der Waals surface area (Å²) in [5.74, 6) is 0.129. The molecule has 10 heteroatoms. The Bertz CT molecular complexity index is 1130. The van der Waals surface area contributed by atoms with Crippen molar-refractivity contribution in [3.05, 3.63) is 70.7 Å². The highest BCUT2D eigenvalue weighted by atomic mass is 32.1. The Labute approximate surface area is 198 Å². The molecule has 1 aliphatic rings. The molecule has 180 valence electrons. The molecule has 0 radical (unpaired) electrons. The molecule has 1 fully saturated rings. The maximum absolute atomic E-state index is 13.3. The molecule has 1 aromatic heterocycles. The second-order valence-corrected chi connectivity index (χ2v) is 8.44. The summed E-state index contributed by atoms with van der Waals surface area (Å²) in [6.45, 7) is 2.61. The molecule has 34 heavy (non-hydrogen) atoms. The van der Waals surface area contributed by atoms with Gasteiger partial charge in [-0.1, -0.05) is 30.3 Å². The third-order valence-electron chi connectivity index (χ3n) is 5.22. The van der Waals surface area contributed by atoms with Crippen molar-refractivity contribution in [3.8, 4) is 16.3 Å². The number of alkyl halides is 3. The minimum absolute atomic E-state index is 0.0476. The minimum Gasteiger partial charge on any atom is -0.487 e. The van der Waals surface area contributed by atoms with E-state index in [0.29, 0.717) is 24.7 Å². The molecule has 2 aromatic carbocycles. The number of ether oxygens (including phenoxy) is 4. The van der Waals surface area contributed by atoms with Gasteiger partial charge < -0.3 is 18.9 Å². The van der Waals surface area contributed by atoms with Crippen molar-refractivity contribution in [3.63, 3.8) is 0 Å². The van der Waals surface area contributed by atoms with Gasteiger partial charge >= 0.3 is 12.1 Å². The highest BCUT2D eigenvalue weighted by Crippen LogP contribution is 2.38. The number of nitrogens with zero attached hydrogens (tertiary/aromatic N) is 1. The lowest BCUT2D eigenvalue weighted by atomic mass is 9.91. The molecule has 0 spiro atoms. The second-order valence-electron chi connectivity index (χ2n) is 7.58. The van der Waals surface area contributed by atoms with Crippen LogP contribution >= 0.6 is 11.3 Å². The molecule has 0 unspecified atom stereocenters. The van der Waals surface area contributed by atoms with Crippen molar-refractivity contribution in [1.82, 2.24) is 4.98 Å². The van der Waals surface area contributed by atoms with Gasteiger partial charge in [0.2, 0.25) is 0 Å². The molecule has 0 atom stereocenters. The lowest BCUT2D eigenvalue weighted by molar-refractivity contribution is -0.221. The number of aromatic nitrogens is 1. The van der Waals surface area contributed by atoms with Crippen LogP contribution in [0.5, 0.6) is 5.75 Å². The van der Waals surface area contributed by atoms with Crippen LogP contribution in [0.2, 0.25) is 0 Å². The molecule has 0 bridgehead atoms. The molecule has 0 aliphatic carbocycles. The number of carbonyl (C=O) groups excluding carboxylic acids is 1. The predicted molar refractivity (Wildman–Crippen MR) is 118 cm³/mol. The molecule has 0 saturated carbocycles. The van der Waals surface area contributed by atoms with E-state index < -0.39 is 23.3 Å². The van der Waals surface area contributed by atoms with E-state index in [9.17, 15) is 18.0 Å². The van der Waals surface area contributed by atoms with Crippen LogP contribution in [0, 0.1) is 0 Å². The normalized spacial score (nSPS) is 14.9. The van der Waals surface area contributed by atoms with Crippen LogP contribution in [0.25, 0.3) is 10.6 Å². The van der Waals surface area contributed by atoms with Gasteiger partial charge in [-0.25, -0.2) is 9.78 Å². The average molecular weight is 494 g/mol. The standard InChI is InChI=1S/C24H22F3NO5S/c1-2-31-21(29)12-33-23(14-30-15-23)16-7-9-18(10-8-16)32-11-17-13-34-22(28-17)19-5-3-4-6-20(19)24(25,26)27/h3-10,13H,2,11-12,14-15H2,1H3. The Hall–Kier alpha value is -2.95. The number of esters is 1. The molecule has 3 aromatic rings. The van der Waals surface area contributed by atoms with Crippen molar-refractivity contribution >= 4 is 17.3 Å². The fraction of sp³-hybridized carbons (Fsp3) is 0.333. The number of hydrogen-bond acceptors (Lipinski definition) is 7. The molecule has 4 rings (SSSR count). The van der Waals surface area contributed by atoms with Crippen molar-refractivity contribution in [2.75, 3.05) is 26.4 Å². The van der Waals surface area contributed by atoms with Crippen molar-refractivity contribution < 1.29 is 36.9 Å². The maximum Gasteiger partial charge on any atom is 0.417 e. The maximum atomic E-state index is 13.3. The lowest BCUT2D eigenvalue weighted by Gasteiger charge is -2.41. The number of thiazole rings is 1. The van der Waals surface area contributed by atoms with Gasteiger partial charge in [0, 0.05) is 10.9 Å². The molecule has 2 heterocycles. The minimum atomic E-state index is -4.45. The molecular formula is C24H22F3NO5S. The summed E-state index contributed by atoms with van der Waals surface area (Å²) >= 11 is 1.14. The van der Waals surface area contributed by atoms with Crippen molar-refractivity contribution in [1.29, 1.82) is 0 Å². The fourth-order valence-electron chi connectivity index (χ4n) is 3.45. The third-order valence-corrected chi connectivity index (χ3v) is 6.15. The van der Waals surface area contributed by atoms with E-state index in [2.05, 4.69) is 4.98 Å². The second kappa shape index (κ2) is 10.1.